The van der Waals surface area contributed by atoms with Crippen LogP contribution in [-0.4, -0.2) is 46.3 Å². The lowest BCUT2D eigenvalue weighted by molar-refractivity contribution is -0.0235. The Kier molecular flexibility index (Phi) is 2.87. The average molecular weight is 335 g/mol. The Morgan fingerprint density at radius 3 is 3.08 bits per heavy atom. The van der Waals surface area contributed by atoms with Gasteiger partial charge in [0.2, 0.25) is 5.95 Å². The summed E-state index contributed by atoms with van der Waals surface area (Å²) in [5.74, 6) is 0.579. The quantitative estimate of drug-likeness (QED) is 0.529. The highest BCUT2D eigenvalue weighted by Crippen LogP contribution is 2.33. The third kappa shape index (κ3) is 2.42. The van der Waals surface area contributed by atoms with Crippen LogP contribution in [-0.2, 0) is 0 Å². The van der Waals surface area contributed by atoms with E-state index in [0.717, 1.165) is 27.8 Å². The monoisotopic (exact) mass is 335 g/mol. The van der Waals surface area contributed by atoms with Gasteiger partial charge in [-0.25, -0.2) is 4.98 Å². The van der Waals surface area contributed by atoms with Gasteiger partial charge < -0.3 is 15.4 Å². The number of nitrogens with one attached hydrogen (secondary N) is 2. The zero-order chi connectivity index (χ0) is 17.0. The maximum atomic E-state index is 9.82. The van der Waals surface area contributed by atoms with Crippen molar-refractivity contribution in [3.63, 3.8) is 0 Å². The molecule has 4 aromatic heterocycles. The summed E-state index contributed by atoms with van der Waals surface area (Å²) in [5.41, 5.74) is 3.09. The minimum atomic E-state index is -0.567. The standard InChI is InChI=1S/C17H17N7O/c1-17(25)4-11(5-17)21-16-19-7-13-12(6-18-15(13)22-16)10-2-3-14-23-20-9-24(14)8-10/h2-3,6-9,11,25H,4-5H2,1H3,(H2,18,19,21,22)/t11-,17+. The van der Waals surface area contributed by atoms with Crippen LogP contribution >= 0.6 is 0 Å². The van der Waals surface area contributed by atoms with E-state index in [1.54, 1.807) is 6.33 Å². The number of aliphatic hydroxyl groups is 1. The summed E-state index contributed by atoms with van der Waals surface area (Å²) < 4.78 is 1.88. The Hall–Kier alpha value is -3.00. The third-order valence-corrected chi connectivity index (χ3v) is 4.74. The Morgan fingerprint density at radius 1 is 1.36 bits per heavy atom. The molecule has 0 amide bonds. The lowest BCUT2D eigenvalue weighted by Crippen LogP contribution is -2.48. The molecule has 8 nitrogen and oxygen atoms in total. The second-order valence-electron chi connectivity index (χ2n) is 6.92. The molecular formula is C17H17N7O. The predicted molar refractivity (Wildman–Crippen MR) is 93.1 cm³/mol. The molecule has 0 aliphatic heterocycles. The first-order valence-electron chi connectivity index (χ1n) is 8.20. The number of aromatic nitrogens is 6. The van der Waals surface area contributed by atoms with E-state index in [9.17, 15) is 5.11 Å². The molecule has 4 heterocycles. The summed E-state index contributed by atoms with van der Waals surface area (Å²) in [5, 5.41) is 22.0. The molecule has 126 valence electrons. The number of hydrogen-bond donors (Lipinski definition) is 3. The van der Waals surface area contributed by atoms with Crippen molar-refractivity contribution < 1.29 is 5.11 Å². The second kappa shape index (κ2) is 5.00. The number of fused-ring (bicyclic) bond motifs is 2. The number of hydrogen-bond acceptors (Lipinski definition) is 6. The first-order valence-corrected chi connectivity index (χ1v) is 8.20. The van der Waals surface area contributed by atoms with Crippen molar-refractivity contribution in [2.24, 2.45) is 0 Å². The first kappa shape index (κ1) is 14.4. The topological polar surface area (TPSA) is 104 Å². The van der Waals surface area contributed by atoms with Crippen molar-refractivity contribution in [2.75, 3.05) is 5.32 Å². The fourth-order valence-corrected chi connectivity index (χ4v) is 3.49. The lowest BCUT2D eigenvalue weighted by atomic mass is 9.77. The summed E-state index contributed by atoms with van der Waals surface area (Å²) in [6.45, 7) is 1.85. The van der Waals surface area contributed by atoms with Gasteiger partial charge in [0.25, 0.3) is 0 Å². The van der Waals surface area contributed by atoms with E-state index in [-0.39, 0.29) is 6.04 Å². The SMILES string of the molecule is C[C@]1(O)C[C@@H](Nc2ncc3c(-c4ccc5nncn5c4)c[nH]c3n2)C1. The van der Waals surface area contributed by atoms with Crippen LogP contribution in [0, 0.1) is 0 Å². The molecule has 8 heteroatoms. The molecule has 5 rings (SSSR count). The molecule has 25 heavy (non-hydrogen) atoms. The number of nitrogens with zero attached hydrogens (tertiary/aromatic N) is 5. The van der Waals surface area contributed by atoms with Gasteiger partial charge in [-0.05, 0) is 31.9 Å². The van der Waals surface area contributed by atoms with E-state index >= 15 is 0 Å². The van der Waals surface area contributed by atoms with E-state index in [2.05, 4.69) is 30.5 Å². The van der Waals surface area contributed by atoms with Gasteiger partial charge in [0, 0.05) is 41.1 Å². The van der Waals surface area contributed by atoms with Crippen LogP contribution in [0.5, 0.6) is 0 Å². The summed E-state index contributed by atoms with van der Waals surface area (Å²) in [4.78, 5) is 12.2. The Bertz CT molecular complexity index is 1070. The number of anilines is 1. The van der Waals surface area contributed by atoms with E-state index in [0.29, 0.717) is 18.8 Å². The molecule has 0 radical (unpaired) electrons. The second-order valence-corrected chi connectivity index (χ2v) is 6.92. The van der Waals surface area contributed by atoms with Crippen molar-refractivity contribution in [3.8, 4) is 11.1 Å². The molecule has 0 spiro atoms. The molecule has 1 fully saturated rings. The molecule has 0 atom stereocenters. The lowest BCUT2D eigenvalue weighted by Gasteiger charge is -2.41. The van der Waals surface area contributed by atoms with Gasteiger partial charge in [-0.3, -0.25) is 4.40 Å². The highest BCUT2D eigenvalue weighted by molar-refractivity contribution is 5.93. The molecular weight excluding hydrogens is 318 g/mol. The van der Waals surface area contributed by atoms with Crippen LogP contribution in [0.1, 0.15) is 19.8 Å². The fourth-order valence-electron chi connectivity index (χ4n) is 3.49. The van der Waals surface area contributed by atoms with Gasteiger partial charge in [-0.15, -0.1) is 10.2 Å². The van der Waals surface area contributed by atoms with E-state index < -0.39 is 5.60 Å². The maximum absolute atomic E-state index is 9.82. The molecule has 4 aromatic rings. The zero-order valence-corrected chi connectivity index (χ0v) is 13.6. The minimum Gasteiger partial charge on any atom is -0.390 e. The molecule has 0 unspecified atom stereocenters. The van der Waals surface area contributed by atoms with Crippen molar-refractivity contribution in [1.29, 1.82) is 0 Å². The van der Waals surface area contributed by atoms with Gasteiger partial charge >= 0.3 is 0 Å². The van der Waals surface area contributed by atoms with Crippen molar-refractivity contribution in [1.82, 2.24) is 29.5 Å². The van der Waals surface area contributed by atoms with Crippen LogP contribution in [0.3, 0.4) is 0 Å². The molecule has 3 N–H and O–H groups in total. The zero-order valence-electron chi connectivity index (χ0n) is 13.6. The largest absolute Gasteiger partial charge is 0.390 e. The number of H-pyrrole nitrogens is 1. The Labute approximate surface area is 143 Å². The summed E-state index contributed by atoms with van der Waals surface area (Å²) >= 11 is 0. The number of pyridine rings is 1. The summed E-state index contributed by atoms with van der Waals surface area (Å²) in [6.07, 6.45) is 8.85. The van der Waals surface area contributed by atoms with Crippen LogP contribution in [0.4, 0.5) is 5.95 Å². The normalized spacial score (nSPS) is 23.0. The molecule has 0 saturated heterocycles. The van der Waals surface area contributed by atoms with Gasteiger partial charge in [-0.1, -0.05) is 0 Å². The molecule has 1 saturated carbocycles. The summed E-state index contributed by atoms with van der Waals surface area (Å²) in [6, 6.07) is 4.16. The van der Waals surface area contributed by atoms with E-state index in [4.69, 9.17) is 0 Å². The molecule has 0 aromatic carbocycles. The third-order valence-electron chi connectivity index (χ3n) is 4.74. The van der Waals surface area contributed by atoms with Crippen molar-refractivity contribution in [3.05, 3.63) is 37.1 Å². The first-order chi connectivity index (χ1) is 12.1. The van der Waals surface area contributed by atoms with Crippen LogP contribution in [0.15, 0.2) is 37.1 Å². The summed E-state index contributed by atoms with van der Waals surface area (Å²) in [7, 11) is 0. The minimum absolute atomic E-state index is 0.220. The van der Waals surface area contributed by atoms with Gasteiger partial charge in [0.05, 0.1) is 5.60 Å². The maximum Gasteiger partial charge on any atom is 0.224 e. The van der Waals surface area contributed by atoms with Gasteiger partial charge in [-0.2, -0.15) is 4.98 Å². The highest BCUT2D eigenvalue weighted by Gasteiger charge is 2.38. The molecule has 1 aliphatic carbocycles. The smallest absolute Gasteiger partial charge is 0.224 e. The molecule has 0 bridgehead atoms. The molecule has 1 aliphatic rings. The van der Waals surface area contributed by atoms with Crippen LogP contribution < -0.4 is 5.32 Å². The number of rotatable bonds is 3. The van der Waals surface area contributed by atoms with Crippen molar-refractivity contribution >= 4 is 22.6 Å². The van der Waals surface area contributed by atoms with Crippen molar-refractivity contribution in [2.45, 2.75) is 31.4 Å². The van der Waals surface area contributed by atoms with Gasteiger partial charge in [0.1, 0.15) is 12.0 Å². The predicted octanol–water partition coefficient (Wildman–Crippen LogP) is 1.99. The fraction of sp³-hybridized carbons (Fsp3) is 0.294. The number of aromatic amines is 1. The average Bonchev–Trinajstić information content (AvgIpc) is 3.18. The van der Waals surface area contributed by atoms with E-state index in [1.807, 2.05) is 42.0 Å². The van der Waals surface area contributed by atoms with E-state index in [1.165, 1.54) is 0 Å². The Morgan fingerprint density at radius 2 is 2.24 bits per heavy atom. The Balaban J connectivity index is 1.46. The highest BCUT2D eigenvalue weighted by atomic mass is 16.3. The van der Waals surface area contributed by atoms with Crippen LogP contribution in [0.25, 0.3) is 27.8 Å². The van der Waals surface area contributed by atoms with Crippen LogP contribution in [0.2, 0.25) is 0 Å². The van der Waals surface area contributed by atoms with Gasteiger partial charge in [0.15, 0.2) is 5.65 Å².